The Hall–Kier alpha value is -2.06. The lowest BCUT2D eigenvalue weighted by atomic mass is 10.1. The van der Waals surface area contributed by atoms with Gasteiger partial charge in [0.1, 0.15) is 0 Å². The number of rotatable bonds is 5. The van der Waals surface area contributed by atoms with Gasteiger partial charge < -0.3 is 15.1 Å². The van der Waals surface area contributed by atoms with E-state index in [9.17, 15) is 9.59 Å². The molecule has 0 aliphatic carbocycles. The van der Waals surface area contributed by atoms with Crippen molar-refractivity contribution in [2.75, 3.05) is 36.4 Å². The number of hydrogen-bond acceptors (Lipinski definition) is 4. The van der Waals surface area contributed by atoms with Crippen molar-refractivity contribution in [3.63, 3.8) is 0 Å². The number of piperazine rings is 1. The van der Waals surface area contributed by atoms with Crippen LogP contribution >= 0.6 is 47.0 Å². The summed E-state index contributed by atoms with van der Waals surface area (Å²) in [6.07, 6.45) is 0.556. The molecule has 10 heteroatoms. The third-order valence-electron chi connectivity index (χ3n) is 5.17. The first kappa shape index (κ1) is 25.6. The minimum Gasteiger partial charge on any atom is -0.366 e. The lowest BCUT2D eigenvalue weighted by Crippen LogP contribution is -2.49. The SMILES string of the molecule is CC(C)CC(=O)N1CCN(c2ccc(Cl)cc2NC(=S)NC(=O)c2ccc(Cl)c(Cl)c2)CC1. The van der Waals surface area contributed by atoms with Gasteiger partial charge in [-0.1, -0.05) is 48.7 Å². The Morgan fingerprint density at radius 3 is 2.33 bits per heavy atom. The predicted molar refractivity (Wildman–Crippen MR) is 140 cm³/mol. The Balaban J connectivity index is 1.66. The molecular formula is C23H25Cl3N4O2S. The molecule has 1 aliphatic heterocycles. The summed E-state index contributed by atoms with van der Waals surface area (Å²) >= 11 is 23.5. The monoisotopic (exact) mass is 526 g/mol. The zero-order valence-corrected chi connectivity index (χ0v) is 21.4. The van der Waals surface area contributed by atoms with E-state index < -0.39 is 5.91 Å². The zero-order chi connectivity index (χ0) is 24.1. The number of amides is 2. The van der Waals surface area contributed by atoms with E-state index >= 15 is 0 Å². The molecule has 0 aromatic heterocycles. The molecule has 3 rings (SSSR count). The summed E-state index contributed by atoms with van der Waals surface area (Å²) in [7, 11) is 0. The Labute approximate surface area is 214 Å². The molecule has 2 amide bonds. The first-order chi connectivity index (χ1) is 15.6. The maximum absolute atomic E-state index is 12.5. The fourth-order valence-corrected chi connectivity index (χ4v) is 4.20. The summed E-state index contributed by atoms with van der Waals surface area (Å²) in [5.41, 5.74) is 1.90. The number of thiocarbonyl (C=S) groups is 1. The number of benzene rings is 2. The molecule has 1 aliphatic rings. The van der Waals surface area contributed by atoms with Gasteiger partial charge in [0.25, 0.3) is 5.91 Å². The van der Waals surface area contributed by atoms with Gasteiger partial charge in [0.05, 0.1) is 21.4 Å². The maximum Gasteiger partial charge on any atom is 0.257 e. The number of halogens is 3. The van der Waals surface area contributed by atoms with Gasteiger partial charge in [-0.25, -0.2) is 0 Å². The number of hydrogen-bond donors (Lipinski definition) is 2. The van der Waals surface area contributed by atoms with Crippen molar-refractivity contribution in [3.05, 3.63) is 57.0 Å². The number of nitrogens with one attached hydrogen (secondary N) is 2. The molecular weight excluding hydrogens is 503 g/mol. The van der Waals surface area contributed by atoms with E-state index in [1.54, 1.807) is 24.3 Å². The molecule has 0 unspecified atom stereocenters. The highest BCUT2D eigenvalue weighted by Gasteiger charge is 2.23. The van der Waals surface area contributed by atoms with Crippen LogP contribution in [0, 0.1) is 5.92 Å². The molecule has 1 fully saturated rings. The third kappa shape index (κ3) is 6.96. The molecule has 176 valence electrons. The van der Waals surface area contributed by atoms with E-state index in [1.807, 2.05) is 24.8 Å². The largest absolute Gasteiger partial charge is 0.366 e. The van der Waals surface area contributed by atoms with Crippen LogP contribution in [0.25, 0.3) is 0 Å². The second-order valence-electron chi connectivity index (χ2n) is 8.16. The highest BCUT2D eigenvalue weighted by Crippen LogP contribution is 2.30. The molecule has 6 nitrogen and oxygen atoms in total. The van der Waals surface area contributed by atoms with Gasteiger partial charge in [-0.15, -0.1) is 0 Å². The van der Waals surface area contributed by atoms with E-state index in [0.29, 0.717) is 59.8 Å². The number of nitrogens with zero attached hydrogens (tertiary/aromatic N) is 2. The molecule has 1 saturated heterocycles. The van der Waals surface area contributed by atoms with E-state index in [2.05, 4.69) is 15.5 Å². The summed E-state index contributed by atoms with van der Waals surface area (Å²) < 4.78 is 0. The van der Waals surface area contributed by atoms with Crippen LogP contribution in [-0.2, 0) is 4.79 Å². The topological polar surface area (TPSA) is 64.7 Å². The van der Waals surface area contributed by atoms with Crippen molar-refractivity contribution >= 4 is 75.3 Å². The quantitative estimate of drug-likeness (QED) is 0.505. The van der Waals surface area contributed by atoms with Crippen LogP contribution in [0.5, 0.6) is 0 Å². The van der Waals surface area contributed by atoms with Crippen LogP contribution in [0.3, 0.4) is 0 Å². The Morgan fingerprint density at radius 2 is 1.70 bits per heavy atom. The summed E-state index contributed by atoms with van der Waals surface area (Å²) in [5.74, 6) is 0.111. The molecule has 2 aromatic rings. The molecule has 2 N–H and O–H groups in total. The molecule has 33 heavy (non-hydrogen) atoms. The lowest BCUT2D eigenvalue weighted by Gasteiger charge is -2.37. The first-order valence-electron chi connectivity index (χ1n) is 10.5. The van der Waals surface area contributed by atoms with Gasteiger partial charge in [-0.3, -0.25) is 14.9 Å². The smallest absolute Gasteiger partial charge is 0.257 e. The van der Waals surface area contributed by atoms with Crippen molar-refractivity contribution in [2.45, 2.75) is 20.3 Å². The van der Waals surface area contributed by atoms with Gasteiger partial charge in [-0.05, 0) is 54.5 Å². The summed E-state index contributed by atoms with van der Waals surface area (Å²) in [5, 5.41) is 7.02. The van der Waals surface area contributed by atoms with E-state index in [-0.39, 0.29) is 16.0 Å². The molecule has 0 atom stereocenters. The Kier molecular flexibility index (Phi) is 8.82. The van der Waals surface area contributed by atoms with E-state index in [0.717, 1.165) is 5.69 Å². The minimum atomic E-state index is -0.410. The van der Waals surface area contributed by atoms with Crippen molar-refractivity contribution in [3.8, 4) is 0 Å². The molecule has 1 heterocycles. The van der Waals surface area contributed by atoms with E-state index in [1.165, 1.54) is 6.07 Å². The highest BCUT2D eigenvalue weighted by atomic mass is 35.5. The van der Waals surface area contributed by atoms with Gasteiger partial charge >= 0.3 is 0 Å². The van der Waals surface area contributed by atoms with E-state index in [4.69, 9.17) is 47.0 Å². The average Bonchev–Trinajstić information content (AvgIpc) is 2.75. The van der Waals surface area contributed by atoms with Crippen LogP contribution in [-0.4, -0.2) is 48.0 Å². The van der Waals surface area contributed by atoms with Crippen molar-refractivity contribution in [2.24, 2.45) is 5.92 Å². The first-order valence-corrected chi connectivity index (χ1v) is 12.1. The molecule has 0 spiro atoms. The van der Waals surface area contributed by atoms with Crippen LogP contribution in [0.1, 0.15) is 30.6 Å². The van der Waals surface area contributed by atoms with Gasteiger partial charge in [0.2, 0.25) is 5.91 Å². The van der Waals surface area contributed by atoms with Crippen molar-refractivity contribution in [1.82, 2.24) is 10.2 Å². The fourth-order valence-electron chi connectivity index (χ4n) is 3.53. The van der Waals surface area contributed by atoms with Gasteiger partial charge in [0, 0.05) is 43.2 Å². The van der Waals surface area contributed by atoms with Gasteiger partial charge in [-0.2, -0.15) is 0 Å². The standard InChI is InChI=1S/C23H25Cl3N4O2S/c1-14(2)11-21(31)30-9-7-29(8-10-30)20-6-4-16(24)13-19(20)27-23(33)28-22(32)15-3-5-17(25)18(26)12-15/h3-6,12-14H,7-11H2,1-2H3,(H2,27,28,32,33). The summed E-state index contributed by atoms with van der Waals surface area (Å²) in [4.78, 5) is 29.0. The highest BCUT2D eigenvalue weighted by molar-refractivity contribution is 7.80. The zero-order valence-electron chi connectivity index (χ0n) is 18.3. The van der Waals surface area contributed by atoms with Crippen LogP contribution in [0.2, 0.25) is 15.1 Å². The third-order valence-corrected chi connectivity index (χ3v) is 6.35. The lowest BCUT2D eigenvalue weighted by molar-refractivity contribution is -0.132. The maximum atomic E-state index is 12.5. The second-order valence-corrected chi connectivity index (χ2v) is 9.82. The summed E-state index contributed by atoms with van der Waals surface area (Å²) in [6, 6.07) is 10.1. The van der Waals surface area contributed by atoms with Crippen LogP contribution in [0.15, 0.2) is 36.4 Å². The van der Waals surface area contributed by atoms with Crippen molar-refractivity contribution in [1.29, 1.82) is 0 Å². The fraction of sp³-hybridized carbons (Fsp3) is 0.348. The molecule has 0 bridgehead atoms. The Morgan fingerprint density at radius 1 is 1.00 bits per heavy atom. The van der Waals surface area contributed by atoms with Crippen molar-refractivity contribution < 1.29 is 9.59 Å². The minimum absolute atomic E-state index is 0.125. The van der Waals surface area contributed by atoms with Gasteiger partial charge in [0.15, 0.2) is 5.11 Å². The average molecular weight is 528 g/mol. The Bertz CT molecular complexity index is 1060. The van der Waals surface area contributed by atoms with Crippen LogP contribution < -0.4 is 15.5 Å². The molecule has 2 aromatic carbocycles. The normalized spacial score (nSPS) is 13.8. The van der Waals surface area contributed by atoms with Crippen LogP contribution in [0.4, 0.5) is 11.4 Å². The summed E-state index contributed by atoms with van der Waals surface area (Å²) in [6.45, 7) is 6.75. The number of carbonyl (C=O) groups is 2. The second kappa shape index (κ2) is 11.4. The number of anilines is 2. The predicted octanol–water partition coefficient (Wildman–Crippen LogP) is 5.47. The molecule has 0 saturated carbocycles. The molecule has 0 radical (unpaired) electrons. The number of carbonyl (C=O) groups excluding carboxylic acids is 2.